The molecule has 0 fully saturated rings. The van der Waals surface area contributed by atoms with Gasteiger partial charge in [0, 0.05) is 18.3 Å². The van der Waals surface area contributed by atoms with Crippen molar-refractivity contribution in [3.05, 3.63) is 0 Å². The molecule has 0 N–H and O–H groups in total. The molecule has 0 spiro atoms. The number of ketones is 1. The van der Waals surface area contributed by atoms with Crippen molar-refractivity contribution in [2.24, 2.45) is 5.41 Å². The molecule has 0 saturated heterocycles. The van der Waals surface area contributed by atoms with E-state index in [1.807, 2.05) is 34.6 Å². The van der Waals surface area contributed by atoms with Gasteiger partial charge in [-0.15, -0.1) is 0 Å². The molecule has 1 atom stereocenters. The molecule has 0 aromatic heterocycles. The molecule has 3 heteroatoms. The molecule has 0 saturated carbocycles. The molecule has 0 amide bonds. The molecular formula is C13H24O3. The Balaban J connectivity index is 3.75. The fraction of sp³-hybridized carbons (Fsp3) is 0.846. The van der Waals surface area contributed by atoms with Gasteiger partial charge in [0.1, 0.15) is 5.78 Å². The summed E-state index contributed by atoms with van der Waals surface area (Å²) in [5.74, 6) is -0.0000934. The van der Waals surface area contributed by atoms with E-state index >= 15 is 0 Å². The second kappa shape index (κ2) is 6.66. The van der Waals surface area contributed by atoms with Crippen LogP contribution in [0.5, 0.6) is 0 Å². The zero-order valence-electron chi connectivity index (χ0n) is 11.1. The Morgan fingerprint density at radius 2 is 1.75 bits per heavy atom. The summed E-state index contributed by atoms with van der Waals surface area (Å²) in [6.45, 7) is 9.53. The van der Waals surface area contributed by atoms with E-state index in [2.05, 4.69) is 0 Å². The first kappa shape index (κ1) is 15.1. The first-order valence-electron chi connectivity index (χ1n) is 6.00. The predicted molar refractivity (Wildman–Crippen MR) is 64.2 cm³/mol. The van der Waals surface area contributed by atoms with Gasteiger partial charge in [-0.2, -0.15) is 0 Å². The minimum absolute atomic E-state index is 0.0224. The lowest BCUT2D eigenvalue weighted by Gasteiger charge is -2.16. The van der Waals surface area contributed by atoms with Gasteiger partial charge < -0.3 is 4.74 Å². The summed E-state index contributed by atoms with van der Waals surface area (Å²) in [6, 6.07) is 0. The highest BCUT2D eigenvalue weighted by Gasteiger charge is 2.20. The lowest BCUT2D eigenvalue weighted by atomic mass is 9.88. The fourth-order valence-corrected chi connectivity index (χ4v) is 1.13. The molecule has 0 aromatic carbocycles. The molecule has 0 aliphatic heterocycles. The number of esters is 1. The Labute approximate surface area is 98.6 Å². The van der Waals surface area contributed by atoms with Gasteiger partial charge in [0.25, 0.3) is 0 Å². The number of hydrogen-bond donors (Lipinski definition) is 0. The van der Waals surface area contributed by atoms with Crippen LogP contribution in [0.2, 0.25) is 0 Å². The van der Waals surface area contributed by atoms with Crippen molar-refractivity contribution in [2.45, 2.75) is 66.4 Å². The summed E-state index contributed by atoms with van der Waals surface area (Å²) in [6.07, 6.45) is 2.19. The van der Waals surface area contributed by atoms with E-state index in [0.717, 1.165) is 6.42 Å². The van der Waals surface area contributed by atoms with E-state index in [1.54, 1.807) is 0 Å². The smallest absolute Gasteiger partial charge is 0.306 e. The highest BCUT2D eigenvalue weighted by atomic mass is 16.5. The van der Waals surface area contributed by atoms with E-state index in [-0.39, 0.29) is 23.3 Å². The lowest BCUT2D eigenvalue weighted by Crippen LogP contribution is -2.20. The van der Waals surface area contributed by atoms with Gasteiger partial charge in [-0.1, -0.05) is 27.7 Å². The van der Waals surface area contributed by atoms with Crippen LogP contribution in [-0.2, 0) is 14.3 Å². The van der Waals surface area contributed by atoms with Crippen molar-refractivity contribution >= 4 is 11.8 Å². The van der Waals surface area contributed by atoms with E-state index < -0.39 is 0 Å². The largest absolute Gasteiger partial charge is 0.463 e. The Morgan fingerprint density at radius 3 is 2.19 bits per heavy atom. The van der Waals surface area contributed by atoms with Gasteiger partial charge in [0.05, 0.1) is 6.10 Å². The van der Waals surface area contributed by atoms with Crippen LogP contribution in [0.4, 0.5) is 0 Å². The van der Waals surface area contributed by atoms with Gasteiger partial charge >= 0.3 is 5.97 Å². The highest BCUT2D eigenvalue weighted by molar-refractivity contribution is 5.84. The average Bonchev–Trinajstić information content (AvgIpc) is 2.15. The van der Waals surface area contributed by atoms with E-state index in [4.69, 9.17) is 4.74 Å². The minimum Gasteiger partial charge on any atom is -0.463 e. The molecule has 16 heavy (non-hydrogen) atoms. The molecule has 0 heterocycles. The first-order valence-corrected chi connectivity index (χ1v) is 6.00. The summed E-state index contributed by atoms with van der Waals surface area (Å²) < 4.78 is 5.12. The minimum atomic E-state index is -0.305. The van der Waals surface area contributed by atoms with Crippen molar-refractivity contribution in [2.75, 3.05) is 0 Å². The highest BCUT2D eigenvalue weighted by Crippen LogP contribution is 2.18. The standard InChI is InChI=1S/C13H24O3/c1-6-10(2)16-12(15)9-7-8-11(14)13(3,4)5/h10H,6-9H2,1-5H3. The molecule has 0 bridgehead atoms. The number of ether oxygens (including phenoxy) is 1. The summed E-state index contributed by atoms with van der Waals surface area (Å²) in [7, 11) is 0. The van der Waals surface area contributed by atoms with Crippen LogP contribution in [0, 0.1) is 5.41 Å². The lowest BCUT2D eigenvalue weighted by molar-refractivity contribution is -0.148. The third-order valence-electron chi connectivity index (χ3n) is 2.53. The third kappa shape index (κ3) is 6.59. The molecule has 0 aromatic rings. The summed E-state index contributed by atoms with van der Waals surface area (Å²) >= 11 is 0. The van der Waals surface area contributed by atoms with E-state index in [9.17, 15) is 9.59 Å². The monoisotopic (exact) mass is 228 g/mol. The number of carbonyl (C=O) groups excluding carboxylic acids is 2. The summed E-state index contributed by atoms with van der Waals surface area (Å²) in [4.78, 5) is 22.9. The van der Waals surface area contributed by atoms with Crippen molar-refractivity contribution in [3.8, 4) is 0 Å². The van der Waals surface area contributed by atoms with Gasteiger partial charge in [0.2, 0.25) is 0 Å². The Hall–Kier alpha value is -0.860. The van der Waals surface area contributed by atoms with E-state index in [0.29, 0.717) is 19.3 Å². The zero-order valence-corrected chi connectivity index (χ0v) is 11.1. The first-order chi connectivity index (χ1) is 7.27. The predicted octanol–water partition coefficient (Wildman–Crippen LogP) is 3.11. The molecule has 0 rings (SSSR count). The van der Waals surface area contributed by atoms with E-state index in [1.165, 1.54) is 0 Å². The number of Topliss-reactive ketones (excluding diaryl/α,β-unsaturated/α-hetero) is 1. The van der Waals surface area contributed by atoms with Gasteiger partial charge in [-0.3, -0.25) is 9.59 Å². The van der Waals surface area contributed by atoms with Crippen LogP contribution >= 0.6 is 0 Å². The molecular weight excluding hydrogens is 204 g/mol. The SMILES string of the molecule is CCC(C)OC(=O)CCCC(=O)C(C)(C)C. The summed E-state index contributed by atoms with van der Waals surface area (Å²) in [5.41, 5.74) is -0.305. The maximum Gasteiger partial charge on any atom is 0.306 e. The molecule has 1 unspecified atom stereocenters. The molecule has 3 nitrogen and oxygen atoms in total. The summed E-state index contributed by atoms with van der Waals surface area (Å²) in [5, 5.41) is 0. The van der Waals surface area contributed by atoms with Crippen LogP contribution < -0.4 is 0 Å². The molecule has 0 radical (unpaired) electrons. The van der Waals surface area contributed by atoms with Crippen LogP contribution in [0.15, 0.2) is 0 Å². The number of carbonyl (C=O) groups is 2. The quantitative estimate of drug-likeness (QED) is 0.656. The zero-order chi connectivity index (χ0) is 12.8. The van der Waals surface area contributed by atoms with Crippen molar-refractivity contribution < 1.29 is 14.3 Å². The average molecular weight is 228 g/mol. The number of hydrogen-bond acceptors (Lipinski definition) is 3. The number of rotatable bonds is 6. The van der Waals surface area contributed by atoms with Crippen LogP contribution in [0.25, 0.3) is 0 Å². The van der Waals surface area contributed by atoms with Gasteiger partial charge in [-0.05, 0) is 19.8 Å². The second-order valence-corrected chi connectivity index (χ2v) is 5.24. The third-order valence-corrected chi connectivity index (χ3v) is 2.53. The Kier molecular flexibility index (Phi) is 6.31. The maximum atomic E-state index is 11.6. The molecule has 94 valence electrons. The van der Waals surface area contributed by atoms with Gasteiger partial charge in [0.15, 0.2) is 0 Å². The molecule has 0 aliphatic carbocycles. The Morgan fingerprint density at radius 1 is 1.19 bits per heavy atom. The second-order valence-electron chi connectivity index (χ2n) is 5.24. The van der Waals surface area contributed by atoms with Crippen molar-refractivity contribution in [3.63, 3.8) is 0 Å². The van der Waals surface area contributed by atoms with Crippen molar-refractivity contribution in [1.29, 1.82) is 0 Å². The normalized spacial score (nSPS) is 13.3. The maximum absolute atomic E-state index is 11.6. The van der Waals surface area contributed by atoms with Crippen molar-refractivity contribution in [1.82, 2.24) is 0 Å². The van der Waals surface area contributed by atoms with Gasteiger partial charge in [-0.25, -0.2) is 0 Å². The Bertz CT molecular complexity index is 238. The topological polar surface area (TPSA) is 43.4 Å². The molecule has 0 aliphatic rings. The fourth-order valence-electron chi connectivity index (χ4n) is 1.13. The van der Waals surface area contributed by atoms with Crippen LogP contribution in [-0.4, -0.2) is 17.9 Å². The van der Waals surface area contributed by atoms with Crippen LogP contribution in [0.3, 0.4) is 0 Å². The van der Waals surface area contributed by atoms with Crippen LogP contribution in [0.1, 0.15) is 60.3 Å².